The summed E-state index contributed by atoms with van der Waals surface area (Å²) in [5.41, 5.74) is 0. The summed E-state index contributed by atoms with van der Waals surface area (Å²) in [4.78, 5) is 0. The van der Waals surface area contributed by atoms with Crippen LogP contribution in [0.3, 0.4) is 0 Å². The molecular formula is C15H29N. The number of rotatable bonds is 5. The van der Waals surface area contributed by atoms with Gasteiger partial charge in [-0.25, -0.2) is 0 Å². The van der Waals surface area contributed by atoms with Gasteiger partial charge in [0.2, 0.25) is 0 Å². The molecule has 0 saturated heterocycles. The van der Waals surface area contributed by atoms with Crippen molar-refractivity contribution in [1.29, 1.82) is 0 Å². The topological polar surface area (TPSA) is 12.0 Å². The zero-order valence-electron chi connectivity index (χ0n) is 11.2. The van der Waals surface area contributed by atoms with E-state index in [9.17, 15) is 0 Å². The first-order chi connectivity index (χ1) is 7.74. The lowest BCUT2D eigenvalue weighted by molar-refractivity contribution is 0.226. The highest BCUT2D eigenvalue weighted by Crippen LogP contribution is 2.30. The van der Waals surface area contributed by atoms with Crippen LogP contribution in [0.2, 0.25) is 0 Å². The Morgan fingerprint density at radius 3 is 2.31 bits per heavy atom. The van der Waals surface area contributed by atoms with Gasteiger partial charge in [-0.2, -0.15) is 0 Å². The summed E-state index contributed by atoms with van der Waals surface area (Å²) in [6.45, 7) is 6.04. The van der Waals surface area contributed by atoms with E-state index >= 15 is 0 Å². The van der Waals surface area contributed by atoms with Crippen LogP contribution in [0, 0.1) is 17.8 Å². The third-order valence-electron chi connectivity index (χ3n) is 4.51. The van der Waals surface area contributed by atoms with E-state index in [2.05, 4.69) is 19.2 Å². The van der Waals surface area contributed by atoms with Gasteiger partial charge < -0.3 is 5.32 Å². The lowest BCUT2D eigenvalue weighted by Gasteiger charge is -2.33. The molecule has 0 heterocycles. The Morgan fingerprint density at radius 2 is 1.69 bits per heavy atom. The second-order valence-corrected chi connectivity index (χ2v) is 6.56. The van der Waals surface area contributed by atoms with Crippen molar-refractivity contribution in [2.24, 2.45) is 17.8 Å². The molecule has 0 bridgehead atoms. The molecular weight excluding hydrogens is 194 g/mol. The third kappa shape index (κ3) is 3.76. The minimum Gasteiger partial charge on any atom is -0.314 e. The lowest BCUT2D eigenvalue weighted by Crippen LogP contribution is -2.38. The Labute approximate surface area is 101 Å². The summed E-state index contributed by atoms with van der Waals surface area (Å²) in [6.07, 6.45) is 11.7. The van der Waals surface area contributed by atoms with Gasteiger partial charge in [0.25, 0.3) is 0 Å². The maximum atomic E-state index is 3.83. The second kappa shape index (κ2) is 6.05. The van der Waals surface area contributed by atoms with Crippen LogP contribution in [-0.2, 0) is 0 Å². The smallest absolute Gasteiger partial charge is 0.00698 e. The van der Waals surface area contributed by atoms with Gasteiger partial charge in [0, 0.05) is 6.04 Å². The Kier molecular flexibility index (Phi) is 4.69. The van der Waals surface area contributed by atoms with Crippen LogP contribution < -0.4 is 5.32 Å². The second-order valence-electron chi connectivity index (χ2n) is 6.56. The maximum absolute atomic E-state index is 3.83. The zero-order valence-corrected chi connectivity index (χ0v) is 11.2. The van der Waals surface area contributed by atoms with Crippen LogP contribution in [0.4, 0.5) is 0 Å². The first kappa shape index (κ1) is 12.4. The molecule has 1 nitrogen and oxygen atoms in total. The first-order valence-electron chi connectivity index (χ1n) is 7.47. The molecule has 16 heavy (non-hydrogen) atoms. The van der Waals surface area contributed by atoms with E-state index in [4.69, 9.17) is 0 Å². The molecule has 0 spiro atoms. The largest absolute Gasteiger partial charge is 0.314 e. The van der Waals surface area contributed by atoms with Crippen molar-refractivity contribution in [1.82, 2.24) is 5.32 Å². The van der Waals surface area contributed by atoms with Crippen molar-refractivity contribution >= 4 is 0 Å². The molecule has 0 aromatic carbocycles. The molecule has 2 unspecified atom stereocenters. The summed E-state index contributed by atoms with van der Waals surface area (Å²) in [7, 11) is 0. The van der Waals surface area contributed by atoms with Gasteiger partial charge in [-0.3, -0.25) is 0 Å². The Bertz CT molecular complexity index is 196. The van der Waals surface area contributed by atoms with Crippen LogP contribution >= 0.6 is 0 Å². The average Bonchev–Trinajstić information content (AvgIpc) is 2.14. The molecule has 2 aliphatic rings. The van der Waals surface area contributed by atoms with Crippen LogP contribution in [0.1, 0.15) is 65.2 Å². The van der Waals surface area contributed by atoms with Gasteiger partial charge in [0.05, 0.1) is 0 Å². The van der Waals surface area contributed by atoms with Crippen LogP contribution in [0.25, 0.3) is 0 Å². The fourth-order valence-corrected chi connectivity index (χ4v) is 3.39. The molecule has 2 fully saturated rings. The van der Waals surface area contributed by atoms with Gasteiger partial charge >= 0.3 is 0 Å². The van der Waals surface area contributed by atoms with Gasteiger partial charge in [-0.15, -0.1) is 0 Å². The molecule has 0 aliphatic heterocycles. The minimum absolute atomic E-state index is 0.845. The molecule has 0 aromatic rings. The first-order valence-corrected chi connectivity index (χ1v) is 7.47. The average molecular weight is 223 g/mol. The highest BCUT2D eigenvalue weighted by molar-refractivity contribution is 4.81. The summed E-state index contributed by atoms with van der Waals surface area (Å²) in [5, 5.41) is 3.83. The monoisotopic (exact) mass is 223 g/mol. The third-order valence-corrected chi connectivity index (χ3v) is 4.51. The quantitative estimate of drug-likeness (QED) is 0.743. The fraction of sp³-hybridized carbons (Fsp3) is 1.00. The van der Waals surface area contributed by atoms with E-state index in [0.717, 1.165) is 23.8 Å². The summed E-state index contributed by atoms with van der Waals surface area (Å²) in [5.74, 6) is 2.91. The molecule has 2 atom stereocenters. The summed E-state index contributed by atoms with van der Waals surface area (Å²) >= 11 is 0. The minimum atomic E-state index is 0.845. The van der Waals surface area contributed by atoms with Crippen molar-refractivity contribution in [2.75, 3.05) is 6.54 Å². The summed E-state index contributed by atoms with van der Waals surface area (Å²) in [6, 6.07) is 0.845. The van der Waals surface area contributed by atoms with E-state index in [1.165, 1.54) is 57.9 Å². The van der Waals surface area contributed by atoms with Crippen molar-refractivity contribution in [2.45, 2.75) is 71.3 Å². The molecule has 2 saturated carbocycles. The van der Waals surface area contributed by atoms with Crippen LogP contribution in [0.15, 0.2) is 0 Å². The van der Waals surface area contributed by atoms with E-state index in [-0.39, 0.29) is 0 Å². The van der Waals surface area contributed by atoms with Gasteiger partial charge in [0.1, 0.15) is 0 Å². The van der Waals surface area contributed by atoms with Gasteiger partial charge in [-0.1, -0.05) is 33.1 Å². The normalized spacial score (nSPS) is 31.7. The lowest BCUT2D eigenvalue weighted by atomic mass is 9.80. The summed E-state index contributed by atoms with van der Waals surface area (Å²) < 4.78 is 0. The highest BCUT2D eigenvalue weighted by atomic mass is 14.9. The van der Waals surface area contributed by atoms with E-state index in [1.807, 2.05) is 0 Å². The Morgan fingerprint density at radius 1 is 1.00 bits per heavy atom. The van der Waals surface area contributed by atoms with E-state index in [0.29, 0.717) is 0 Å². The molecule has 0 amide bonds. The van der Waals surface area contributed by atoms with Crippen molar-refractivity contribution in [3.05, 3.63) is 0 Å². The standard InChI is InChI=1S/C15H29N/c1-12(2)9-14-7-4-8-15(10-14)16-11-13-5-3-6-13/h12-16H,3-11H2,1-2H3. The fourth-order valence-electron chi connectivity index (χ4n) is 3.39. The SMILES string of the molecule is CC(C)CC1CCCC(NCC2CCC2)C1. The van der Waals surface area contributed by atoms with Gasteiger partial charge in [0.15, 0.2) is 0 Å². The zero-order chi connectivity index (χ0) is 11.4. The molecule has 0 aromatic heterocycles. The van der Waals surface area contributed by atoms with Gasteiger partial charge in [-0.05, 0) is 56.4 Å². The van der Waals surface area contributed by atoms with E-state index in [1.54, 1.807) is 0 Å². The van der Waals surface area contributed by atoms with Crippen LogP contribution in [-0.4, -0.2) is 12.6 Å². The number of hydrogen-bond acceptors (Lipinski definition) is 1. The Hall–Kier alpha value is -0.0400. The molecule has 1 N–H and O–H groups in total. The van der Waals surface area contributed by atoms with Crippen molar-refractivity contribution in [3.63, 3.8) is 0 Å². The van der Waals surface area contributed by atoms with Crippen molar-refractivity contribution < 1.29 is 0 Å². The molecule has 1 heteroatoms. The predicted octanol–water partition coefficient (Wildman–Crippen LogP) is 3.98. The van der Waals surface area contributed by atoms with E-state index < -0.39 is 0 Å². The Balaban J connectivity index is 1.64. The molecule has 2 aliphatic carbocycles. The number of nitrogens with one attached hydrogen (secondary N) is 1. The predicted molar refractivity (Wildman–Crippen MR) is 70.5 cm³/mol. The van der Waals surface area contributed by atoms with Crippen LogP contribution in [0.5, 0.6) is 0 Å². The molecule has 94 valence electrons. The van der Waals surface area contributed by atoms with Crippen molar-refractivity contribution in [3.8, 4) is 0 Å². The number of hydrogen-bond donors (Lipinski definition) is 1. The highest BCUT2D eigenvalue weighted by Gasteiger charge is 2.24. The molecule has 0 radical (unpaired) electrons. The maximum Gasteiger partial charge on any atom is 0.00698 e. The molecule has 2 rings (SSSR count).